The Morgan fingerprint density at radius 1 is 1.42 bits per heavy atom. The SMILES string of the molecule is O=[N+]([O-])c1ccc(OCC[NH2+]C[C@H]2CCCO2)cc1. The van der Waals surface area contributed by atoms with E-state index in [-0.39, 0.29) is 5.69 Å². The zero-order valence-corrected chi connectivity index (χ0v) is 10.8. The first-order valence-corrected chi connectivity index (χ1v) is 6.56. The van der Waals surface area contributed by atoms with E-state index in [4.69, 9.17) is 9.47 Å². The summed E-state index contributed by atoms with van der Waals surface area (Å²) < 4.78 is 11.0. The van der Waals surface area contributed by atoms with Crippen LogP contribution < -0.4 is 10.1 Å². The van der Waals surface area contributed by atoms with Gasteiger partial charge in [0.1, 0.15) is 31.5 Å². The maximum absolute atomic E-state index is 10.5. The zero-order chi connectivity index (χ0) is 13.5. The largest absolute Gasteiger partial charge is 0.488 e. The molecular formula is C13H19N2O4+. The average Bonchev–Trinajstić information content (AvgIpc) is 2.92. The Morgan fingerprint density at radius 2 is 2.21 bits per heavy atom. The second-order valence-corrected chi connectivity index (χ2v) is 4.55. The summed E-state index contributed by atoms with van der Waals surface area (Å²) in [5.74, 6) is 0.663. The van der Waals surface area contributed by atoms with E-state index in [1.54, 1.807) is 12.1 Å². The highest BCUT2D eigenvalue weighted by atomic mass is 16.6. The van der Waals surface area contributed by atoms with Gasteiger partial charge in [-0.3, -0.25) is 10.1 Å². The van der Waals surface area contributed by atoms with Gasteiger partial charge in [-0.25, -0.2) is 0 Å². The van der Waals surface area contributed by atoms with E-state index in [9.17, 15) is 10.1 Å². The van der Waals surface area contributed by atoms with Crippen molar-refractivity contribution in [3.63, 3.8) is 0 Å². The van der Waals surface area contributed by atoms with Crippen molar-refractivity contribution < 1.29 is 19.7 Å². The number of hydrogen-bond donors (Lipinski definition) is 1. The van der Waals surface area contributed by atoms with Gasteiger partial charge in [-0.15, -0.1) is 0 Å². The number of rotatable bonds is 7. The normalized spacial score (nSPS) is 18.4. The molecule has 0 aromatic heterocycles. The van der Waals surface area contributed by atoms with Crippen LogP contribution in [0.4, 0.5) is 5.69 Å². The number of nitro groups is 1. The Labute approximate surface area is 111 Å². The van der Waals surface area contributed by atoms with E-state index in [1.807, 2.05) is 0 Å². The van der Waals surface area contributed by atoms with Crippen molar-refractivity contribution in [2.24, 2.45) is 0 Å². The number of hydrogen-bond acceptors (Lipinski definition) is 4. The molecule has 1 aromatic carbocycles. The van der Waals surface area contributed by atoms with Gasteiger partial charge in [-0.05, 0) is 25.0 Å². The standard InChI is InChI=1S/C13H18N2O4/c16-15(17)11-3-5-12(6-4-11)19-9-7-14-10-13-2-1-8-18-13/h3-6,13-14H,1-2,7-10H2/p+1/t13-/m1/s1. The van der Waals surface area contributed by atoms with Gasteiger partial charge in [0.05, 0.1) is 4.92 Å². The molecule has 6 nitrogen and oxygen atoms in total. The number of non-ortho nitro benzene ring substituents is 1. The van der Waals surface area contributed by atoms with Crippen molar-refractivity contribution in [1.29, 1.82) is 0 Å². The molecule has 0 saturated carbocycles. The molecule has 2 N–H and O–H groups in total. The van der Waals surface area contributed by atoms with Crippen LogP contribution in [0.2, 0.25) is 0 Å². The van der Waals surface area contributed by atoms with Crippen molar-refractivity contribution in [1.82, 2.24) is 0 Å². The maximum atomic E-state index is 10.5. The Morgan fingerprint density at radius 3 is 2.84 bits per heavy atom. The minimum Gasteiger partial charge on any atom is -0.488 e. The molecule has 0 aliphatic carbocycles. The molecule has 1 aliphatic rings. The summed E-state index contributed by atoms with van der Waals surface area (Å²) in [6, 6.07) is 6.15. The van der Waals surface area contributed by atoms with Crippen LogP contribution in [-0.4, -0.2) is 37.3 Å². The van der Waals surface area contributed by atoms with Gasteiger partial charge >= 0.3 is 0 Å². The molecule has 2 rings (SSSR count). The topological polar surface area (TPSA) is 78.2 Å². The van der Waals surface area contributed by atoms with Gasteiger partial charge < -0.3 is 14.8 Å². The van der Waals surface area contributed by atoms with Crippen molar-refractivity contribution >= 4 is 5.69 Å². The molecule has 1 aliphatic heterocycles. The van der Waals surface area contributed by atoms with Crippen molar-refractivity contribution in [2.75, 3.05) is 26.3 Å². The Bertz CT molecular complexity index is 402. The number of quaternary nitrogens is 1. The third kappa shape index (κ3) is 4.50. The lowest BCUT2D eigenvalue weighted by Crippen LogP contribution is -2.87. The lowest BCUT2D eigenvalue weighted by molar-refractivity contribution is -0.661. The molecule has 0 radical (unpaired) electrons. The van der Waals surface area contributed by atoms with E-state index >= 15 is 0 Å². The monoisotopic (exact) mass is 267 g/mol. The van der Waals surface area contributed by atoms with E-state index in [1.165, 1.54) is 12.1 Å². The lowest BCUT2D eigenvalue weighted by atomic mass is 10.2. The summed E-state index contributed by atoms with van der Waals surface area (Å²) in [5, 5.41) is 12.7. The zero-order valence-electron chi connectivity index (χ0n) is 10.8. The summed E-state index contributed by atoms with van der Waals surface area (Å²) in [7, 11) is 0. The third-order valence-electron chi connectivity index (χ3n) is 3.09. The summed E-state index contributed by atoms with van der Waals surface area (Å²) in [6.07, 6.45) is 2.71. The fourth-order valence-electron chi connectivity index (χ4n) is 2.06. The molecule has 1 heterocycles. The van der Waals surface area contributed by atoms with Gasteiger partial charge in [0, 0.05) is 18.7 Å². The Hall–Kier alpha value is -1.66. The Kier molecular flexibility index (Phi) is 5.11. The molecule has 6 heteroatoms. The quantitative estimate of drug-likeness (QED) is 0.448. The fraction of sp³-hybridized carbons (Fsp3) is 0.538. The van der Waals surface area contributed by atoms with Crippen LogP contribution in [0.1, 0.15) is 12.8 Å². The second kappa shape index (κ2) is 7.06. The molecule has 0 bridgehead atoms. The maximum Gasteiger partial charge on any atom is 0.269 e. The minimum absolute atomic E-state index is 0.0808. The molecular weight excluding hydrogens is 248 g/mol. The van der Waals surface area contributed by atoms with Crippen LogP contribution in [0.25, 0.3) is 0 Å². The summed E-state index contributed by atoms with van der Waals surface area (Å²) in [6.45, 7) is 3.31. The predicted octanol–water partition coefficient (Wildman–Crippen LogP) is 0.716. The van der Waals surface area contributed by atoms with Gasteiger partial charge in [-0.1, -0.05) is 0 Å². The average molecular weight is 267 g/mol. The van der Waals surface area contributed by atoms with E-state index in [2.05, 4.69) is 5.32 Å². The number of nitro benzene ring substituents is 1. The summed E-state index contributed by atoms with van der Waals surface area (Å²) >= 11 is 0. The molecule has 0 spiro atoms. The van der Waals surface area contributed by atoms with Crippen LogP contribution in [0.5, 0.6) is 5.75 Å². The molecule has 1 fully saturated rings. The minimum atomic E-state index is -0.418. The first-order chi connectivity index (χ1) is 9.25. The molecule has 19 heavy (non-hydrogen) atoms. The second-order valence-electron chi connectivity index (χ2n) is 4.55. The van der Waals surface area contributed by atoms with Crippen LogP contribution in [0.15, 0.2) is 24.3 Å². The summed E-state index contributed by atoms with van der Waals surface area (Å²) in [5.41, 5.74) is 0.0808. The van der Waals surface area contributed by atoms with Crippen molar-refractivity contribution in [2.45, 2.75) is 18.9 Å². The van der Waals surface area contributed by atoms with E-state index < -0.39 is 4.92 Å². The number of ether oxygens (including phenoxy) is 2. The van der Waals surface area contributed by atoms with Gasteiger partial charge in [0.15, 0.2) is 0 Å². The van der Waals surface area contributed by atoms with Crippen molar-refractivity contribution in [3.8, 4) is 5.75 Å². The first kappa shape index (κ1) is 13.8. The number of nitrogens with zero attached hydrogens (tertiary/aromatic N) is 1. The van der Waals surface area contributed by atoms with Crippen LogP contribution in [0, 0.1) is 10.1 Å². The van der Waals surface area contributed by atoms with Crippen LogP contribution in [-0.2, 0) is 4.74 Å². The van der Waals surface area contributed by atoms with Crippen LogP contribution in [0.3, 0.4) is 0 Å². The smallest absolute Gasteiger partial charge is 0.269 e. The number of nitrogens with two attached hydrogens (primary N) is 1. The number of benzene rings is 1. The summed E-state index contributed by atoms with van der Waals surface area (Å²) in [4.78, 5) is 10.1. The third-order valence-corrected chi connectivity index (χ3v) is 3.09. The molecule has 0 amide bonds. The van der Waals surface area contributed by atoms with E-state index in [0.717, 1.165) is 32.5 Å². The van der Waals surface area contributed by atoms with Crippen molar-refractivity contribution in [3.05, 3.63) is 34.4 Å². The van der Waals surface area contributed by atoms with Gasteiger partial charge in [0.2, 0.25) is 0 Å². The van der Waals surface area contributed by atoms with Gasteiger partial charge in [-0.2, -0.15) is 0 Å². The molecule has 1 saturated heterocycles. The van der Waals surface area contributed by atoms with E-state index in [0.29, 0.717) is 18.5 Å². The highest BCUT2D eigenvalue weighted by molar-refractivity contribution is 5.35. The Balaban J connectivity index is 1.61. The highest BCUT2D eigenvalue weighted by Crippen LogP contribution is 2.16. The molecule has 104 valence electrons. The van der Waals surface area contributed by atoms with Gasteiger partial charge in [0.25, 0.3) is 5.69 Å². The predicted molar refractivity (Wildman–Crippen MR) is 69.2 cm³/mol. The molecule has 0 unspecified atom stereocenters. The fourth-order valence-corrected chi connectivity index (χ4v) is 2.06. The first-order valence-electron chi connectivity index (χ1n) is 6.56. The van der Waals surface area contributed by atoms with Crippen LogP contribution >= 0.6 is 0 Å². The molecule has 1 atom stereocenters. The molecule has 1 aromatic rings. The highest BCUT2D eigenvalue weighted by Gasteiger charge is 2.16. The lowest BCUT2D eigenvalue weighted by Gasteiger charge is -2.08.